The lowest BCUT2D eigenvalue weighted by Crippen LogP contribution is -2.09. The molecule has 0 bridgehead atoms. The summed E-state index contributed by atoms with van der Waals surface area (Å²) in [5, 5.41) is 2.74. The summed E-state index contributed by atoms with van der Waals surface area (Å²) in [7, 11) is 0. The molecule has 1 aromatic heterocycles. The predicted octanol–water partition coefficient (Wildman–Crippen LogP) is 3.22. The minimum absolute atomic E-state index is 0.0475. The third kappa shape index (κ3) is 3.31. The van der Waals surface area contributed by atoms with Crippen LogP contribution < -0.4 is 10.1 Å². The smallest absolute Gasteiger partial charge is 0.224 e. The van der Waals surface area contributed by atoms with Crippen LogP contribution in [0.1, 0.15) is 13.3 Å². The van der Waals surface area contributed by atoms with Gasteiger partial charge in [0.15, 0.2) is 0 Å². The van der Waals surface area contributed by atoms with E-state index in [-0.39, 0.29) is 5.91 Å². The fourth-order valence-corrected chi connectivity index (χ4v) is 1.42. The molecule has 1 amide bonds. The number of carbonyl (C=O) groups excluding carboxylic acids is 1. The Kier molecular flexibility index (Phi) is 3.91. The van der Waals surface area contributed by atoms with E-state index in [1.807, 2.05) is 30.3 Å². The van der Waals surface area contributed by atoms with E-state index in [2.05, 4.69) is 10.3 Å². The van der Waals surface area contributed by atoms with Gasteiger partial charge in [-0.3, -0.25) is 9.78 Å². The summed E-state index contributed by atoms with van der Waals surface area (Å²) in [5.74, 6) is 1.28. The Balaban J connectivity index is 2.10. The van der Waals surface area contributed by atoms with Crippen LogP contribution in [0.5, 0.6) is 11.5 Å². The van der Waals surface area contributed by atoms with E-state index in [9.17, 15) is 4.79 Å². The summed E-state index contributed by atoms with van der Waals surface area (Å²) < 4.78 is 5.62. The number of ether oxygens (including phenoxy) is 1. The number of aromatic nitrogens is 1. The molecule has 0 fully saturated rings. The number of nitrogens with zero attached hydrogens (tertiary/aromatic N) is 1. The molecule has 0 saturated carbocycles. The second kappa shape index (κ2) is 5.82. The maximum Gasteiger partial charge on any atom is 0.224 e. The zero-order valence-electron chi connectivity index (χ0n) is 10.1. The Labute approximate surface area is 106 Å². The molecular formula is C14H14N2O2. The first-order valence-corrected chi connectivity index (χ1v) is 5.75. The fraction of sp³-hybridized carbons (Fsp3) is 0.143. The van der Waals surface area contributed by atoms with Crippen LogP contribution in [0.25, 0.3) is 0 Å². The highest BCUT2D eigenvalue weighted by atomic mass is 16.5. The second-order valence-corrected chi connectivity index (χ2v) is 3.73. The molecule has 2 rings (SSSR count). The third-order valence-corrected chi connectivity index (χ3v) is 2.30. The van der Waals surface area contributed by atoms with Gasteiger partial charge < -0.3 is 10.1 Å². The van der Waals surface area contributed by atoms with Crippen LogP contribution in [0.4, 0.5) is 5.69 Å². The van der Waals surface area contributed by atoms with Crippen molar-refractivity contribution in [2.24, 2.45) is 0 Å². The molecular weight excluding hydrogens is 228 g/mol. The highest BCUT2D eigenvalue weighted by Crippen LogP contribution is 2.22. The average Bonchev–Trinajstić information content (AvgIpc) is 2.40. The number of pyridine rings is 1. The highest BCUT2D eigenvalue weighted by Gasteiger charge is 2.02. The van der Waals surface area contributed by atoms with Crippen molar-refractivity contribution < 1.29 is 9.53 Å². The van der Waals surface area contributed by atoms with Crippen molar-refractivity contribution in [3.05, 3.63) is 48.8 Å². The normalized spacial score (nSPS) is 9.83. The monoisotopic (exact) mass is 242 g/mol. The van der Waals surface area contributed by atoms with E-state index in [4.69, 9.17) is 4.74 Å². The lowest BCUT2D eigenvalue weighted by molar-refractivity contribution is -0.115. The van der Waals surface area contributed by atoms with E-state index in [1.165, 1.54) is 0 Å². The van der Waals surface area contributed by atoms with Gasteiger partial charge in [0.05, 0.1) is 18.1 Å². The first kappa shape index (κ1) is 12.1. The molecule has 0 spiro atoms. The highest BCUT2D eigenvalue weighted by molar-refractivity contribution is 5.90. The van der Waals surface area contributed by atoms with Crippen LogP contribution in [-0.2, 0) is 4.79 Å². The molecule has 0 aliphatic heterocycles. The van der Waals surface area contributed by atoms with Gasteiger partial charge in [-0.2, -0.15) is 0 Å². The van der Waals surface area contributed by atoms with Gasteiger partial charge in [0.25, 0.3) is 0 Å². The summed E-state index contributed by atoms with van der Waals surface area (Å²) in [6.45, 7) is 1.80. The topological polar surface area (TPSA) is 51.2 Å². The van der Waals surface area contributed by atoms with E-state index in [0.717, 1.165) is 5.75 Å². The molecule has 1 heterocycles. The molecule has 0 aliphatic rings. The van der Waals surface area contributed by atoms with Crippen molar-refractivity contribution in [1.82, 2.24) is 4.98 Å². The molecule has 0 radical (unpaired) electrons. The molecule has 1 N–H and O–H groups in total. The van der Waals surface area contributed by atoms with Crippen LogP contribution in [0.3, 0.4) is 0 Å². The SMILES string of the molecule is CCC(=O)Nc1cncc(Oc2ccccc2)c1. The number of hydrogen-bond donors (Lipinski definition) is 1. The first-order chi connectivity index (χ1) is 8.78. The van der Waals surface area contributed by atoms with Crippen LogP contribution in [-0.4, -0.2) is 10.9 Å². The summed E-state index contributed by atoms with van der Waals surface area (Å²) in [5.41, 5.74) is 0.635. The Bertz CT molecular complexity index is 526. The van der Waals surface area contributed by atoms with Gasteiger partial charge in [-0.1, -0.05) is 25.1 Å². The van der Waals surface area contributed by atoms with Gasteiger partial charge in [-0.15, -0.1) is 0 Å². The van der Waals surface area contributed by atoms with Crippen molar-refractivity contribution in [2.45, 2.75) is 13.3 Å². The van der Waals surface area contributed by atoms with Gasteiger partial charge in [0.2, 0.25) is 5.91 Å². The minimum Gasteiger partial charge on any atom is -0.456 e. The Morgan fingerprint density at radius 2 is 2.00 bits per heavy atom. The molecule has 2 aromatic rings. The Hall–Kier alpha value is -2.36. The quantitative estimate of drug-likeness (QED) is 0.895. The van der Waals surface area contributed by atoms with Gasteiger partial charge >= 0.3 is 0 Å². The number of anilines is 1. The predicted molar refractivity (Wildman–Crippen MR) is 69.7 cm³/mol. The van der Waals surface area contributed by atoms with Crippen molar-refractivity contribution in [1.29, 1.82) is 0 Å². The summed E-state index contributed by atoms with van der Waals surface area (Å²) in [4.78, 5) is 15.3. The standard InChI is InChI=1S/C14H14N2O2/c1-2-14(17)16-11-8-13(10-15-9-11)18-12-6-4-3-5-7-12/h3-10H,2H2,1H3,(H,16,17). The number of hydrogen-bond acceptors (Lipinski definition) is 3. The van der Waals surface area contributed by atoms with Crippen molar-refractivity contribution in [3.8, 4) is 11.5 Å². The molecule has 1 aromatic carbocycles. The molecule has 4 heteroatoms. The molecule has 4 nitrogen and oxygen atoms in total. The zero-order valence-corrected chi connectivity index (χ0v) is 10.1. The van der Waals surface area contributed by atoms with Crippen molar-refractivity contribution in [2.75, 3.05) is 5.32 Å². The summed E-state index contributed by atoms with van der Waals surface area (Å²) in [6.07, 6.45) is 3.63. The maximum atomic E-state index is 11.3. The first-order valence-electron chi connectivity index (χ1n) is 5.75. The van der Waals surface area contributed by atoms with Gasteiger partial charge in [0.1, 0.15) is 11.5 Å². The lowest BCUT2D eigenvalue weighted by atomic mass is 10.3. The molecule has 0 unspecified atom stereocenters. The maximum absolute atomic E-state index is 11.3. The second-order valence-electron chi connectivity index (χ2n) is 3.73. The Morgan fingerprint density at radius 3 is 2.72 bits per heavy atom. The number of para-hydroxylation sites is 1. The average molecular weight is 242 g/mol. The third-order valence-electron chi connectivity index (χ3n) is 2.30. The molecule has 0 atom stereocenters. The number of rotatable bonds is 4. The summed E-state index contributed by atoms with van der Waals surface area (Å²) >= 11 is 0. The zero-order chi connectivity index (χ0) is 12.8. The van der Waals surface area contributed by atoms with E-state index < -0.39 is 0 Å². The van der Waals surface area contributed by atoms with Crippen LogP contribution in [0.2, 0.25) is 0 Å². The van der Waals surface area contributed by atoms with E-state index >= 15 is 0 Å². The van der Waals surface area contributed by atoms with E-state index in [0.29, 0.717) is 17.9 Å². The van der Waals surface area contributed by atoms with Gasteiger partial charge in [-0.05, 0) is 12.1 Å². The van der Waals surface area contributed by atoms with Gasteiger partial charge in [0, 0.05) is 12.5 Å². The molecule has 0 saturated heterocycles. The molecule has 92 valence electrons. The summed E-state index contributed by atoms with van der Waals surface area (Å²) in [6, 6.07) is 11.2. The number of nitrogens with one attached hydrogen (secondary N) is 1. The van der Waals surface area contributed by atoms with Gasteiger partial charge in [-0.25, -0.2) is 0 Å². The minimum atomic E-state index is -0.0475. The van der Waals surface area contributed by atoms with Crippen LogP contribution >= 0.6 is 0 Å². The van der Waals surface area contributed by atoms with Crippen LogP contribution in [0.15, 0.2) is 48.8 Å². The van der Waals surface area contributed by atoms with E-state index in [1.54, 1.807) is 25.4 Å². The fourth-order valence-electron chi connectivity index (χ4n) is 1.42. The van der Waals surface area contributed by atoms with Crippen molar-refractivity contribution >= 4 is 11.6 Å². The molecule has 0 aliphatic carbocycles. The molecule has 18 heavy (non-hydrogen) atoms. The Morgan fingerprint density at radius 1 is 1.22 bits per heavy atom. The lowest BCUT2D eigenvalue weighted by Gasteiger charge is -2.07. The number of carbonyl (C=O) groups is 1. The number of amides is 1. The largest absolute Gasteiger partial charge is 0.456 e. The van der Waals surface area contributed by atoms with Crippen molar-refractivity contribution in [3.63, 3.8) is 0 Å². The number of benzene rings is 1. The van der Waals surface area contributed by atoms with Crippen LogP contribution in [0, 0.1) is 0 Å².